The first-order chi connectivity index (χ1) is 14.4. The normalized spacial score (nSPS) is 12.8. The van der Waals surface area contributed by atoms with Crippen LogP contribution in [0.1, 0.15) is 13.3 Å². The van der Waals surface area contributed by atoms with Gasteiger partial charge < -0.3 is 20.1 Å². The number of nitrogens with zero attached hydrogens (tertiary/aromatic N) is 1. The second-order valence-electron chi connectivity index (χ2n) is 6.51. The predicted octanol–water partition coefficient (Wildman–Crippen LogP) is 1.94. The highest BCUT2D eigenvalue weighted by molar-refractivity contribution is 6.00. The van der Waals surface area contributed by atoms with Crippen molar-refractivity contribution in [2.45, 2.75) is 13.3 Å². The molecule has 30 heavy (non-hydrogen) atoms. The summed E-state index contributed by atoms with van der Waals surface area (Å²) in [5.74, 6) is -1.19. The van der Waals surface area contributed by atoms with Crippen molar-refractivity contribution in [1.82, 2.24) is 0 Å². The molecular weight excluding hydrogens is 390 g/mol. The summed E-state index contributed by atoms with van der Waals surface area (Å²) in [6.45, 7) is 0.809. The highest BCUT2D eigenvalue weighted by atomic mass is 16.5. The molecule has 0 fully saturated rings. The molecule has 0 radical (unpaired) electrons. The average molecular weight is 411 g/mol. The first-order valence-corrected chi connectivity index (χ1v) is 9.27. The molecule has 1 heterocycles. The number of carbonyl (C=O) groups is 4. The van der Waals surface area contributed by atoms with Crippen molar-refractivity contribution in [3.63, 3.8) is 0 Å². The maximum absolute atomic E-state index is 12.3. The van der Waals surface area contributed by atoms with Crippen LogP contribution in [0.4, 0.5) is 17.1 Å². The Morgan fingerprint density at radius 2 is 1.70 bits per heavy atom. The molecule has 156 valence electrons. The van der Waals surface area contributed by atoms with E-state index < -0.39 is 18.5 Å². The monoisotopic (exact) mass is 411 g/mol. The minimum atomic E-state index is -0.712. The molecular formula is C21H21N3O6. The summed E-state index contributed by atoms with van der Waals surface area (Å²) in [5.41, 5.74) is 1.57. The molecule has 3 amide bonds. The van der Waals surface area contributed by atoms with Gasteiger partial charge in [0.15, 0.2) is 6.61 Å². The van der Waals surface area contributed by atoms with Gasteiger partial charge in [-0.1, -0.05) is 12.1 Å². The number of ether oxygens (including phenoxy) is 2. The van der Waals surface area contributed by atoms with Crippen LogP contribution in [0, 0.1) is 0 Å². The lowest BCUT2D eigenvalue weighted by atomic mass is 10.2. The van der Waals surface area contributed by atoms with Gasteiger partial charge in [-0.3, -0.25) is 24.1 Å². The first kappa shape index (κ1) is 20.8. The summed E-state index contributed by atoms with van der Waals surface area (Å²) in [5, 5.41) is 5.20. The Bertz CT molecular complexity index is 957. The molecule has 2 N–H and O–H groups in total. The Hall–Kier alpha value is -3.88. The third-order valence-electron chi connectivity index (χ3n) is 4.17. The lowest BCUT2D eigenvalue weighted by molar-refractivity contribution is -0.146. The number of rotatable bonds is 6. The molecule has 0 spiro atoms. The van der Waals surface area contributed by atoms with Gasteiger partial charge in [0.2, 0.25) is 11.8 Å². The number of hydrogen-bond donors (Lipinski definition) is 2. The fraction of sp³-hybridized carbons (Fsp3) is 0.238. The van der Waals surface area contributed by atoms with E-state index in [1.807, 2.05) is 0 Å². The molecule has 0 unspecified atom stereocenters. The summed E-state index contributed by atoms with van der Waals surface area (Å²) in [6.07, 6.45) is 0.136. The van der Waals surface area contributed by atoms with Crippen molar-refractivity contribution in [2.75, 3.05) is 35.3 Å². The van der Waals surface area contributed by atoms with Gasteiger partial charge in [-0.05, 0) is 36.4 Å². The average Bonchev–Trinajstić information content (AvgIpc) is 2.87. The third kappa shape index (κ3) is 5.57. The number of benzene rings is 2. The Morgan fingerprint density at radius 3 is 2.40 bits per heavy atom. The van der Waals surface area contributed by atoms with Crippen molar-refractivity contribution < 1.29 is 28.7 Å². The van der Waals surface area contributed by atoms with Gasteiger partial charge in [-0.15, -0.1) is 0 Å². The maximum Gasteiger partial charge on any atom is 0.326 e. The summed E-state index contributed by atoms with van der Waals surface area (Å²) >= 11 is 0. The van der Waals surface area contributed by atoms with Gasteiger partial charge in [-0.25, -0.2) is 0 Å². The first-order valence-electron chi connectivity index (χ1n) is 9.27. The van der Waals surface area contributed by atoms with Gasteiger partial charge in [0.05, 0.1) is 18.7 Å². The second-order valence-corrected chi connectivity index (χ2v) is 6.51. The SMILES string of the molecule is CC(=O)Nc1ccc(NC(=O)COC(=O)CN2C(=O)CCOc3ccccc32)cc1. The molecule has 0 bridgehead atoms. The highest BCUT2D eigenvalue weighted by Gasteiger charge is 2.25. The minimum absolute atomic E-state index is 0.136. The van der Waals surface area contributed by atoms with E-state index in [1.165, 1.54) is 11.8 Å². The third-order valence-corrected chi connectivity index (χ3v) is 4.17. The van der Waals surface area contributed by atoms with Crippen LogP contribution in [0.2, 0.25) is 0 Å². The van der Waals surface area contributed by atoms with Crippen molar-refractivity contribution in [2.24, 2.45) is 0 Å². The Labute approximate surface area is 172 Å². The number of carbonyl (C=O) groups excluding carboxylic acids is 4. The lowest BCUT2D eigenvalue weighted by Gasteiger charge is -2.20. The molecule has 2 aromatic rings. The van der Waals surface area contributed by atoms with Crippen LogP contribution in [0.3, 0.4) is 0 Å². The Morgan fingerprint density at radius 1 is 1.03 bits per heavy atom. The summed E-state index contributed by atoms with van der Waals surface area (Å²) < 4.78 is 10.5. The fourth-order valence-corrected chi connectivity index (χ4v) is 2.85. The van der Waals surface area contributed by atoms with Crippen LogP contribution in [-0.2, 0) is 23.9 Å². The number of fused-ring (bicyclic) bond motifs is 1. The van der Waals surface area contributed by atoms with E-state index in [1.54, 1.807) is 48.5 Å². The topological polar surface area (TPSA) is 114 Å². The number of nitrogens with one attached hydrogen (secondary N) is 2. The van der Waals surface area contributed by atoms with Crippen LogP contribution in [-0.4, -0.2) is 43.4 Å². The maximum atomic E-state index is 12.3. The van der Waals surface area contributed by atoms with Crippen LogP contribution >= 0.6 is 0 Å². The second kappa shape index (κ2) is 9.55. The molecule has 2 aromatic carbocycles. The minimum Gasteiger partial charge on any atom is -0.491 e. The number of anilines is 3. The van der Waals surface area contributed by atoms with Crippen LogP contribution < -0.4 is 20.3 Å². The molecule has 9 heteroatoms. The molecule has 9 nitrogen and oxygen atoms in total. The fourth-order valence-electron chi connectivity index (χ4n) is 2.85. The van der Waals surface area contributed by atoms with E-state index in [9.17, 15) is 19.2 Å². The lowest BCUT2D eigenvalue weighted by Crippen LogP contribution is -2.36. The van der Waals surface area contributed by atoms with E-state index in [-0.39, 0.29) is 31.4 Å². The van der Waals surface area contributed by atoms with Gasteiger partial charge >= 0.3 is 5.97 Å². The summed E-state index contributed by atoms with van der Waals surface area (Å²) in [7, 11) is 0. The van der Waals surface area contributed by atoms with Crippen molar-refractivity contribution in [3.8, 4) is 5.75 Å². The predicted molar refractivity (Wildman–Crippen MR) is 109 cm³/mol. The molecule has 1 aliphatic rings. The Balaban J connectivity index is 1.52. The zero-order valence-corrected chi connectivity index (χ0v) is 16.3. The summed E-state index contributed by atoms with van der Waals surface area (Å²) in [4.78, 5) is 48.9. The summed E-state index contributed by atoms with van der Waals surface area (Å²) in [6, 6.07) is 13.4. The van der Waals surface area contributed by atoms with Crippen LogP contribution in [0.15, 0.2) is 48.5 Å². The van der Waals surface area contributed by atoms with Crippen molar-refractivity contribution in [3.05, 3.63) is 48.5 Å². The zero-order valence-electron chi connectivity index (χ0n) is 16.3. The van der Waals surface area contributed by atoms with E-state index in [4.69, 9.17) is 9.47 Å². The number of para-hydroxylation sites is 2. The van der Waals surface area contributed by atoms with E-state index in [2.05, 4.69) is 10.6 Å². The number of hydrogen-bond acceptors (Lipinski definition) is 6. The van der Waals surface area contributed by atoms with Gasteiger partial charge in [0.25, 0.3) is 5.91 Å². The molecule has 0 saturated heterocycles. The van der Waals surface area contributed by atoms with Crippen LogP contribution in [0.5, 0.6) is 5.75 Å². The standard InChI is InChI=1S/C21H21N3O6/c1-14(25)22-15-6-8-16(9-7-15)23-19(26)13-30-21(28)12-24-17-4-2-3-5-18(17)29-11-10-20(24)27/h2-9H,10-13H2,1H3,(H,22,25)(H,23,26). The Kier molecular flexibility index (Phi) is 6.63. The van der Waals surface area contributed by atoms with E-state index >= 15 is 0 Å². The molecule has 0 aliphatic carbocycles. The van der Waals surface area contributed by atoms with E-state index in [0.717, 1.165) is 0 Å². The van der Waals surface area contributed by atoms with Gasteiger partial charge in [-0.2, -0.15) is 0 Å². The zero-order chi connectivity index (χ0) is 21.5. The molecule has 0 saturated carbocycles. The van der Waals surface area contributed by atoms with Crippen molar-refractivity contribution in [1.29, 1.82) is 0 Å². The number of esters is 1. The molecule has 0 aromatic heterocycles. The molecule has 1 aliphatic heterocycles. The van der Waals surface area contributed by atoms with E-state index in [0.29, 0.717) is 22.8 Å². The quantitative estimate of drug-likeness (QED) is 0.703. The largest absolute Gasteiger partial charge is 0.491 e. The smallest absolute Gasteiger partial charge is 0.326 e. The van der Waals surface area contributed by atoms with Crippen LogP contribution in [0.25, 0.3) is 0 Å². The molecule has 3 rings (SSSR count). The highest BCUT2D eigenvalue weighted by Crippen LogP contribution is 2.30. The molecule has 0 atom stereocenters. The number of amides is 3. The van der Waals surface area contributed by atoms with Gasteiger partial charge in [0, 0.05) is 18.3 Å². The van der Waals surface area contributed by atoms with Gasteiger partial charge in [0.1, 0.15) is 12.3 Å². The van der Waals surface area contributed by atoms with Crippen molar-refractivity contribution >= 4 is 40.8 Å².